The average molecular weight is 428 g/mol. The van der Waals surface area contributed by atoms with Crippen LogP contribution in [0.5, 0.6) is 0 Å². The molecule has 3 rings (SSSR count). The number of hydrogen-bond donors (Lipinski definition) is 1. The van der Waals surface area contributed by atoms with Crippen molar-refractivity contribution in [3.8, 4) is 0 Å². The summed E-state index contributed by atoms with van der Waals surface area (Å²) >= 11 is 3.40. The van der Waals surface area contributed by atoms with Crippen LogP contribution in [-0.2, 0) is 15.2 Å². The average Bonchev–Trinajstić information content (AvgIpc) is 2.86. The van der Waals surface area contributed by atoms with Crippen LogP contribution in [-0.4, -0.2) is 23.3 Å². The summed E-state index contributed by atoms with van der Waals surface area (Å²) in [5, 5.41) is 11.2. The molecule has 1 heterocycles. The van der Waals surface area contributed by atoms with E-state index in [1.165, 1.54) is 6.08 Å². The summed E-state index contributed by atoms with van der Waals surface area (Å²) in [5.41, 5.74) is 0.229. The smallest absolute Gasteiger partial charge is 0.264 e. The largest absolute Gasteiger partial charge is 0.375 e. The lowest BCUT2D eigenvalue weighted by atomic mass is 9.89. The second-order valence-electron chi connectivity index (χ2n) is 6.72. The predicted octanol–water partition coefficient (Wildman–Crippen LogP) is 4.46. The first-order valence-corrected chi connectivity index (χ1v) is 9.85. The van der Waals surface area contributed by atoms with Gasteiger partial charge in [-0.25, -0.2) is 0 Å². The number of hydrogen-bond acceptors (Lipinski definition) is 3. The van der Waals surface area contributed by atoms with Gasteiger partial charge in [-0.15, -0.1) is 0 Å². The monoisotopic (exact) mass is 427 g/mol. The molecule has 2 aromatic carbocycles. The van der Waals surface area contributed by atoms with Crippen LogP contribution in [0.1, 0.15) is 37.3 Å². The first-order valence-electron chi connectivity index (χ1n) is 9.06. The molecule has 4 nitrogen and oxygen atoms in total. The Morgan fingerprint density at radius 2 is 1.96 bits per heavy atom. The van der Waals surface area contributed by atoms with Crippen molar-refractivity contribution in [1.82, 2.24) is 0 Å². The second-order valence-corrected chi connectivity index (χ2v) is 7.63. The number of carbonyl (C=O) groups excluding carboxylic acids is 2. The molecule has 0 fully saturated rings. The Bertz CT molecular complexity index is 878. The van der Waals surface area contributed by atoms with Gasteiger partial charge in [0, 0.05) is 16.6 Å². The van der Waals surface area contributed by atoms with Gasteiger partial charge in [0.15, 0.2) is 11.4 Å². The number of fused-ring (bicyclic) bond motifs is 1. The lowest BCUT2D eigenvalue weighted by Gasteiger charge is -2.22. The van der Waals surface area contributed by atoms with Crippen molar-refractivity contribution in [2.24, 2.45) is 0 Å². The highest BCUT2D eigenvalue weighted by molar-refractivity contribution is 9.10. The molecule has 0 radical (unpaired) electrons. The molecule has 0 aromatic heterocycles. The van der Waals surface area contributed by atoms with Gasteiger partial charge in [-0.1, -0.05) is 65.7 Å². The Morgan fingerprint density at radius 1 is 1.22 bits per heavy atom. The Labute approximate surface area is 167 Å². The molecule has 1 aliphatic heterocycles. The minimum atomic E-state index is -1.83. The van der Waals surface area contributed by atoms with E-state index in [1.54, 1.807) is 17.0 Å². The maximum absolute atomic E-state index is 13.0. The van der Waals surface area contributed by atoms with Gasteiger partial charge >= 0.3 is 0 Å². The standard InChI is InChI=1S/C22H22BrNO3/c1-2-3-13-24-20-12-10-17(23)14-19(20)22(27,21(24)26)15-18(25)11-9-16-7-5-4-6-8-16/h4-12,14,27H,2-3,13,15H2,1H3/b11-9-/t22-/m1/s1. The van der Waals surface area contributed by atoms with Gasteiger partial charge in [0.1, 0.15) is 0 Å². The van der Waals surface area contributed by atoms with E-state index in [1.807, 2.05) is 49.4 Å². The molecule has 0 unspecified atom stereocenters. The van der Waals surface area contributed by atoms with E-state index < -0.39 is 11.5 Å². The van der Waals surface area contributed by atoms with Crippen molar-refractivity contribution in [2.45, 2.75) is 31.8 Å². The van der Waals surface area contributed by atoms with Crippen molar-refractivity contribution in [2.75, 3.05) is 11.4 Å². The lowest BCUT2D eigenvalue weighted by molar-refractivity contribution is -0.140. The summed E-state index contributed by atoms with van der Waals surface area (Å²) in [6.45, 7) is 2.58. The first-order chi connectivity index (χ1) is 13.0. The van der Waals surface area contributed by atoms with Crippen LogP contribution in [0.4, 0.5) is 5.69 Å². The van der Waals surface area contributed by atoms with Crippen LogP contribution in [0.3, 0.4) is 0 Å². The molecule has 140 valence electrons. The Morgan fingerprint density at radius 3 is 2.67 bits per heavy atom. The summed E-state index contributed by atoms with van der Waals surface area (Å²) in [7, 11) is 0. The molecule has 1 atom stereocenters. The van der Waals surface area contributed by atoms with E-state index >= 15 is 0 Å². The van der Waals surface area contributed by atoms with Crippen LogP contribution < -0.4 is 4.90 Å². The van der Waals surface area contributed by atoms with E-state index in [2.05, 4.69) is 15.9 Å². The number of carbonyl (C=O) groups is 2. The summed E-state index contributed by atoms with van der Waals surface area (Å²) in [6, 6.07) is 14.8. The van der Waals surface area contributed by atoms with E-state index in [9.17, 15) is 14.7 Å². The highest BCUT2D eigenvalue weighted by Crippen LogP contribution is 2.43. The second kappa shape index (κ2) is 8.19. The number of benzene rings is 2. The zero-order valence-electron chi connectivity index (χ0n) is 15.2. The van der Waals surface area contributed by atoms with Gasteiger partial charge in [-0.3, -0.25) is 9.59 Å². The third kappa shape index (κ3) is 4.04. The Balaban J connectivity index is 1.87. The van der Waals surface area contributed by atoms with Crippen molar-refractivity contribution in [3.05, 3.63) is 70.2 Å². The Hall–Kier alpha value is -2.24. The van der Waals surface area contributed by atoms with Gasteiger partial charge in [0.05, 0.1) is 12.1 Å². The Kier molecular flexibility index (Phi) is 5.92. The van der Waals surface area contributed by atoms with Crippen molar-refractivity contribution in [3.63, 3.8) is 0 Å². The van der Waals surface area contributed by atoms with Crippen LogP contribution in [0.2, 0.25) is 0 Å². The van der Waals surface area contributed by atoms with Gasteiger partial charge in [-0.2, -0.15) is 0 Å². The number of anilines is 1. The zero-order chi connectivity index (χ0) is 19.4. The molecular weight excluding hydrogens is 406 g/mol. The molecule has 0 aliphatic carbocycles. The van der Waals surface area contributed by atoms with E-state index in [0.29, 0.717) is 17.8 Å². The summed E-state index contributed by atoms with van der Waals surface area (Å²) < 4.78 is 0.761. The van der Waals surface area contributed by atoms with Crippen LogP contribution in [0.15, 0.2) is 59.1 Å². The van der Waals surface area contributed by atoms with Crippen LogP contribution in [0.25, 0.3) is 6.08 Å². The molecule has 2 aromatic rings. The molecule has 5 heteroatoms. The van der Waals surface area contributed by atoms with Crippen molar-refractivity contribution < 1.29 is 14.7 Å². The fraction of sp³-hybridized carbons (Fsp3) is 0.273. The number of unbranched alkanes of at least 4 members (excludes halogenated alkanes) is 1. The fourth-order valence-electron chi connectivity index (χ4n) is 3.30. The molecule has 0 saturated heterocycles. The molecule has 1 amide bonds. The maximum atomic E-state index is 13.0. The van der Waals surface area contributed by atoms with Crippen LogP contribution >= 0.6 is 15.9 Å². The van der Waals surface area contributed by atoms with Crippen molar-refractivity contribution >= 4 is 39.4 Å². The molecule has 0 spiro atoms. The number of halogens is 1. The number of ketones is 1. The quantitative estimate of drug-likeness (QED) is 0.663. The van der Waals surface area contributed by atoms with Gasteiger partial charge in [0.25, 0.3) is 5.91 Å². The number of aliphatic hydroxyl groups is 1. The molecule has 27 heavy (non-hydrogen) atoms. The van der Waals surface area contributed by atoms with Gasteiger partial charge < -0.3 is 10.0 Å². The van der Waals surface area contributed by atoms with Crippen LogP contribution in [0, 0.1) is 0 Å². The zero-order valence-corrected chi connectivity index (χ0v) is 16.8. The normalized spacial score (nSPS) is 18.9. The minimum Gasteiger partial charge on any atom is -0.375 e. The fourth-order valence-corrected chi connectivity index (χ4v) is 3.66. The molecular formula is C22H22BrNO3. The maximum Gasteiger partial charge on any atom is 0.264 e. The highest BCUT2D eigenvalue weighted by atomic mass is 79.9. The van der Waals surface area contributed by atoms with Gasteiger partial charge in [-0.05, 0) is 36.3 Å². The first kappa shape index (κ1) is 19.5. The topological polar surface area (TPSA) is 57.6 Å². The molecule has 1 N–H and O–H groups in total. The number of allylic oxidation sites excluding steroid dienone is 1. The summed E-state index contributed by atoms with van der Waals surface area (Å²) in [5.74, 6) is -0.719. The van der Waals surface area contributed by atoms with E-state index in [0.717, 1.165) is 22.9 Å². The molecule has 0 saturated carbocycles. The third-order valence-corrected chi connectivity index (χ3v) is 5.21. The lowest BCUT2D eigenvalue weighted by Crippen LogP contribution is -2.42. The summed E-state index contributed by atoms with van der Waals surface area (Å²) in [6.07, 6.45) is 4.61. The predicted molar refractivity (Wildman–Crippen MR) is 110 cm³/mol. The van der Waals surface area contributed by atoms with E-state index in [-0.39, 0.29) is 12.2 Å². The molecule has 1 aliphatic rings. The highest BCUT2D eigenvalue weighted by Gasteiger charge is 2.50. The number of rotatable bonds is 7. The SMILES string of the molecule is CCCCN1C(=O)[C@@](O)(CC(=O)/C=C\c2ccccc2)c2cc(Br)ccc21. The van der Waals surface area contributed by atoms with E-state index in [4.69, 9.17) is 0 Å². The minimum absolute atomic E-state index is 0.277. The third-order valence-electron chi connectivity index (χ3n) is 4.72. The number of amides is 1. The number of nitrogens with zero attached hydrogens (tertiary/aromatic N) is 1. The molecule has 0 bridgehead atoms. The summed E-state index contributed by atoms with van der Waals surface area (Å²) in [4.78, 5) is 27.1. The van der Waals surface area contributed by atoms with Crippen molar-refractivity contribution in [1.29, 1.82) is 0 Å². The van der Waals surface area contributed by atoms with Gasteiger partial charge in [0.2, 0.25) is 0 Å².